The van der Waals surface area contributed by atoms with Crippen LogP contribution in [0.2, 0.25) is 0 Å². The molecule has 0 rings (SSSR count). The first-order valence-electron chi connectivity index (χ1n) is 3.53. The van der Waals surface area contributed by atoms with Crippen LogP contribution in [0.25, 0.3) is 0 Å². The predicted molar refractivity (Wildman–Crippen MR) is 52.8 cm³/mol. The molecule has 0 spiro atoms. The summed E-state index contributed by atoms with van der Waals surface area (Å²) in [5, 5.41) is 25.1. The largest absolute Gasteiger partial charge is 1.00 e. The monoisotopic (exact) mass is 286 g/mol. The van der Waals surface area contributed by atoms with Crippen molar-refractivity contribution in [2.75, 3.05) is 6.26 Å². The van der Waals surface area contributed by atoms with Gasteiger partial charge in [0.25, 0.3) is 0 Å². The smallest absolute Gasteiger partial charge is 0.652 e. The van der Waals surface area contributed by atoms with Crippen LogP contribution in [-0.2, 0) is 4.79 Å². The number of hydrogen-bond acceptors (Lipinski definition) is 6. The van der Waals surface area contributed by atoms with Gasteiger partial charge in [0.15, 0.2) is 0 Å². The number of rotatable bonds is 4. The predicted octanol–water partition coefficient (Wildman–Crippen LogP) is -6.19. The molecule has 0 aliphatic rings. The van der Waals surface area contributed by atoms with Crippen LogP contribution in [0.1, 0.15) is 20.3 Å². The Kier molecular flexibility index (Phi) is 23.6. The molecule has 0 radical (unpaired) electrons. The molecular weight excluding hydrogens is 274 g/mol. The van der Waals surface area contributed by atoms with E-state index in [-0.39, 0.29) is 70.3 Å². The van der Waals surface area contributed by atoms with Gasteiger partial charge in [0.2, 0.25) is 0 Å². The number of aliphatic carboxylic acids is 1. The van der Waals surface area contributed by atoms with Gasteiger partial charge in [-0.1, -0.05) is 21.6 Å². The van der Waals surface area contributed by atoms with E-state index in [2.05, 4.69) is 0 Å². The van der Waals surface area contributed by atoms with E-state index in [4.69, 9.17) is 20.1 Å². The summed E-state index contributed by atoms with van der Waals surface area (Å²) in [6, 6.07) is 0. The van der Waals surface area contributed by atoms with Crippen LogP contribution in [-0.4, -0.2) is 28.2 Å². The minimum absolute atomic E-state index is 0. The first-order valence-corrected chi connectivity index (χ1v) is 6.08. The molecule has 0 heterocycles. The van der Waals surface area contributed by atoms with Crippen molar-refractivity contribution in [3.63, 3.8) is 0 Å². The summed E-state index contributed by atoms with van der Waals surface area (Å²) in [6.07, 6.45) is -0.160. The quantitative estimate of drug-likeness (QED) is 0.405. The Bertz CT molecular complexity index is 197. The fourth-order valence-corrected chi connectivity index (χ4v) is 2.78. The average Bonchev–Trinajstić information content (AvgIpc) is 1.80. The van der Waals surface area contributed by atoms with Gasteiger partial charge in [0.05, 0.1) is 6.42 Å². The molecule has 0 unspecified atom stereocenters. The van der Waals surface area contributed by atoms with Gasteiger partial charge < -0.3 is 20.1 Å². The third-order valence-corrected chi connectivity index (χ3v) is 3.50. The average molecular weight is 286 g/mol. The molecule has 0 aliphatic carbocycles. The minimum Gasteiger partial charge on any atom is -0.652 e. The minimum atomic E-state index is -2.33. The molecule has 0 bridgehead atoms. The van der Waals surface area contributed by atoms with E-state index < -0.39 is 12.1 Å². The zero-order valence-electron chi connectivity index (χ0n) is 10.1. The Morgan fingerprint density at radius 2 is 1.56 bits per heavy atom. The van der Waals surface area contributed by atoms with Crippen molar-refractivity contribution in [2.45, 2.75) is 25.0 Å². The number of carboxylic acid groups (broad SMARTS) is 3. The summed E-state index contributed by atoms with van der Waals surface area (Å²) in [5.74, 6) is -0.730. The maximum atomic E-state index is 10.3. The van der Waals surface area contributed by atoms with Crippen LogP contribution >= 0.6 is 21.6 Å². The van der Waals surface area contributed by atoms with E-state index in [1.54, 1.807) is 21.6 Å². The van der Waals surface area contributed by atoms with Gasteiger partial charge in [-0.2, -0.15) is 0 Å². The van der Waals surface area contributed by atoms with Crippen LogP contribution in [0, 0.1) is 0 Å². The molecule has 16 heavy (non-hydrogen) atoms. The molecule has 0 aromatic carbocycles. The Morgan fingerprint density at radius 3 is 1.75 bits per heavy atom. The molecule has 9 heteroatoms. The molecule has 1 N–H and O–H groups in total. The van der Waals surface area contributed by atoms with Crippen LogP contribution < -0.4 is 69.3 Å². The molecule has 0 atom stereocenters. The summed E-state index contributed by atoms with van der Waals surface area (Å²) in [5.41, 5.74) is 0. The van der Waals surface area contributed by atoms with Crippen LogP contribution in [0.4, 0.5) is 4.79 Å². The summed E-state index contributed by atoms with van der Waals surface area (Å²) in [7, 11) is 3.20. The molecule has 5 nitrogen and oxygen atoms in total. The fourth-order valence-electron chi connectivity index (χ4n) is 0.619. The Labute approximate surface area is 147 Å². The van der Waals surface area contributed by atoms with Gasteiger partial charge >= 0.3 is 65.1 Å². The normalized spacial score (nSPS) is 8.69. The number of carbonyl (C=O) groups is 2. The van der Waals surface area contributed by atoms with E-state index >= 15 is 0 Å². The van der Waals surface area contributed by atoms with Crippen molar-refractivity contribution in [1.29, 1.82) is 0 Å². The topological polar surface area (TPSA) is 100 Å². The van der Waals surface area contributed by atoms with Gasteiger partial charge in [0.1, 0.15) is 0 Å². The van der Waals surface area contributed by atoms with Gasteiger partial charge in [-0.05, 0) is 26.3 Å². The summed E-state index contributed by atoms with van der Waals surface area (Å²) < 4.78 is -0.148. The zero-order valence-corrected chi connectivity index (χ0v) is 15.7. The van der Waals surface area contributed by atoms with Gasteiger partial charge in [-0.3, -0.25) is 4.79 Å². The van der Waals surface area contributed by atoms with Crippen molar-refractivity contribution >= 4 is 33.7 Å². The molecule has 0 saturated carbocycles. The number of hydrogen-bond donors (Lipinski definition) is 1. The Balaban J connectivity index is -0.000000105. The van der Waals surface area contributed by atoms with Gasteiger partial charge in [-0.15, -0.1) is 0 Å². The van der Waals surface area contributed by atoms with Crippen molar-refractivity contribution in [1.82, 2.24) is 0 Å². The first kappa shape index (κ1) is 26.1. The van der Waals surface area contributed by atoms with Crippen LogP contribution in [0.3, 0.4) is 0 Å². The van der Waals surface area contributed by atoms with Crippen LogP contribution in [0.15, 0.2) is 0 Å². The van der Waals surface area contributed by atoms with Crippen molar-refractivity contribution in [3.05, 3.63) is 0 Å². The Morgan fingerprint density at radius 1 is 1.25 bits per heavy atom. The SMILES string of the molecule is CSSC(C)(C)CC(=O)O.O=C([O-])[O-].[Na+].[Na+]. The van der Waals surface area contributed by atoms with Crippen LogP contribution in [0.5, 0.6) is 0 Å². The molecule has 0 fully saturated rings. The van der Waals surface area contributed by atoms with E-state index in [1.165, 1.54) is 0 Å². The Hall–Kier alpha value is 1.44. The maximum absolute atomic E-state index is 10.3. The summed E-state index contributed by atoms with van der Waals surface area (Å²) >= 11 is 0. The van der Waals surface area contributed by atoms with Gasteiger partial charge in [-0.25, -0.2) is 0 Å². The third kappa shape index (κ3) is 29.5. The van der Waals surface area contributed by atoms with E-state index in [9.17, 15) is 4.79 Å². The second kappa shape index (κ2) is 14.5. The molecule has 84 valence electrons. The van der Waals surface area contributed by atoms with E-state index in [0.29, 0.717) is 0 Å². The third-order valence-electron chi connectivity index (χ3n) is 0.886. The second-order valence-corrected chi connectivity index (χ2v) is 5.94. The summed E-state index contributed by atoms with van der Waals surface area (Å²) in [4.78, 5) is 18.6. The second-order valence-electron chi connectivity index (χ2n) is 2.83. The molecule has 0 aliphatic heterocycles. The maximum Gasteiger partial charge on any atom is 1.00 e. The summed E-state index contributed by atoms with van der Waals surface area (Å²) in [6.45, 7) is 3.87. The molecule has 0 aromatic rings. The molecule has 0 saturated heterocycles. The van der Waals surface area contributed by atoms with E-state index in [0.717, 1.165) is 0 Å². The zero-order chi connectivity index (χ0) is 11.8. The molecule has 0 amide bonds. The van der Waals surface area contributed by atoms with Gasteiger partial charge in [0, 0.05) is 4.75 Å². The van der Waals surface area contributed by atoms with E-state index in [1.807, 2.05) is 20.1 Å². The fraction of sp³-hybridized carbons (Fsp3) is 0.714. The molecular formula is C7H12Na2O5S2. The van der Waals surface area contributed by atoms with Crippen molar-refractivity contribution in [3.8, 4) is 0 Å². The standard InChI is InChI=1S/C6H12O2S2.CH2O3.2Na/c1-6(2,10-9-3)4-5(7)8;2-1(3)4;;/h4H2,1-3H3,(H,7,8);(H2,2,3,4);;/q;;2*+1/p-2. The van der Waals surface area contributed by atoms with Crippen molar-refractivity contribution in [2.24, 2.45) is 0 Å². The first-order chi connectivity index (χ1) is 6.21. The number of carboxylic acids is 1. The van der Waals surface area contributed by atoms with Crippen molar-refractivity contribution < 1.29 is 84.0 Å². The number of carbonyl (C=O) groups excluding carboxylic acids is 1. The molecule has 0 aromatic heterocycles.